The highest BCUT2D eigenvalue weighted by Gasteiger charge is 2.37. The second kappa shape index (κ2) is 5.32. The van der Waals surface area contributed by atoms with Crippen LogP contribution in [0.15, 0.2) is 0 Å². The number of hydrogen-bond acceptors (Lipinski definition) is 3. The summed E-state index contributed by atoms with van der Waals surface area (Å²) in [5.41, 5.74) is 0. The lowest BCUT2D eigenvalue weighted by atomic mass is 10.2. The number of carboxylic acid groups (broad SMARTS) is 1. The molecule has 0 saturated carbocycles. The molecule has 0 fully saturated rings. The van der Waals surface area contributed by atoms with Gasteiger partial charge >= 0.3 is 6.09 Å². The first-order chi connectivity index (χ1) is 7.10. The van der Waals surface area contributed by atoms with Crippen molar-refractivity contribution in [1.29, 1.82) is 5.26 Å². The molecule has 0 aliphatic heterocycles. The van der Waals surface area contributed by atoms with Crippen LogP contribution in [0.5, 0.6) is 0 Å². The Morgan fingerprint density at radius 3 is 2.38 bits per heavy atom. The third-order valence-corrected chi connectivity index (χ3v) is 7.37. The lowest BCUT2D eigenvalue weighted by Gasteiger charge is -2.36. The molecule has 0 unspecified atom stereocenters. The maximum atomic E-state index is 10.4. The predicted octanol–water partition coefficient (Wildman–Crippen LogP) is 2.17. The first kappa shape index (κ1) is 14.9. The lowest BCUT2D eigenvalue weighted by molar-refractivity contribution is 0.185. The van der Waals surface area contributed by atoms with Crippen molar-refractivity contribution < 1.29 is 14.3 Å². The molecule has 5 nitrogen and oxygen atoms in total. The fourth-order valence-electron chi connectivity index (χ4n) is 0.768. The second-order valence-corrected chi connectivity index (χ2v) is 10.0. The fraction of sp³-hybridized carbons (Fsp3) is 0.800. The Morgan fingerprint density at radius 1 is 1.56 bits per heavy atom. The van der Waals surface area contributed by atoms with E-state index in [1.165, 1.54) is 0 Å². The quantitative estimate of drug-likeness (QED) is 0.742. The molecule has 0 aromatic heterocycles. The van der Waals surface area contributed by atoms with Gasteiger partial charge in [0.1, 0.15) is 6.04 Å². The molecule has 2 N–H and O–H groups in total. The lowest BCUT2D eigenvalue weighted by Crippen LogP contribution is -2.45. The van der Waals surface area contributed by atoms with Crippen LogP contribution < -0.4 is 5.32 Å². The molecule has 0 aromatic carbocycles. The summed E-state index contributed by atoms with van der Waals surface area (Å²) in [6, 6.07) is 1.06. The number of hydrogen-bond donors (Lipinski definition) is 2. The van der Waals surface area contributed by atoms with Crippen LogP contribution in [0, 0.1) is 11.3 Å². The van der Waals surface area contributed by atoms with E-state index in [-0.39, 0.29) is 11.6 Å². The van der Waals surface area contributed by atoms with Gasteiger partial charge in [0.2, 0.25) is 0 Å². The van der Waals surface area contributed by atoms with E-state index in [1.807, 2.05) is 6.07 Å². The van der Waals surface area contributed by atoms with Crippen molar-refractivity contribution in [3.63, 3.8) is 0 Å². The monoisotopic (exact) mass is 244 g/mol. The Labute approximate surface area is 97.5 Å². The third-order valence-electron chi connectivity index (χ3n) is 2.87. The molecule has 0 spiro atoms. The van der Waals surface area contributed by atoms with Crippen molar-refractivity contribution >= 4 is 14.4 Å². The molecule has 16 heavy (non-hydrogen) atoms. The Hall–Kier alpha value is -1.06. The Bertz CT molecular complexity index is 291. The van der Waals surface area contributed by atoms with Crippen LogP contribution in [0.3, 0.4) is 0 Å². The van der Waals surface area contributed by atoms with Crippen molar-refractivity contribution in [3.8, 4) is 6.07 Å². The van der Waals surface area contributed by atoms with E-state index in [0.717, 1.165) is 0 Å². The van der Waals surface area contributed by atoms with Crippen LogP contribution in [0.2, 0.25) is 18.1 Å². The molecular formula is C10H20N2O3Si. The van der Waals surface area contributed by atoms with Crippen LogP contribution in [-0.2, 0) is 4.43 Å². The van der Waals surface area contributed by atoms with E-state index in [1.54, 1.807) is 0 Å². The normalized spacial score (nSPS) is 14.0. The molecule has 0 saturated heterocycles. The van der Waals surface area contributed by atoms with Gasteiger partial charge in [-0.15, -0.1) is 0 Å². The van der Waals surface area contributed by atoms with Gasteiger partial charge in [-0.25, -0.2) is 4.79 Å². The van der Waals surface area contributed by atoms with E-state index in [2.05, 4.69) is 39.2 Å². The van der Waals surface area contributed by atoms with E-state index in [0.29, 0.717) is 0 Å². The molecule has 0 rings (SSSR count). The highest BCUT2D eigenvalue weighted by molar-refractivity contribution is 6.74. The summed E-state index contributed by atoms with van der Waals surface area (Å²) in [7, 11) is -1.92. The van der Waals surface area contributed by atoms with Crippen LogP contribution in [0.25, 0.3) is 0 Å². The molecule has 0 bridgehead atoms. The summed E-state index contributed by atoms with van der Waals surface area (Å²) >= 11 is 0. The standard InChI is InChI=1S/C10H20N2O3Si/c1-10(2,3)16(4,5)15-7-8(6-11)12-9(13)14/h8,12H,7H2,1-5H3,(H,13,14)/t8-/m1/s1. The maximum Gasteiger partial charge on any atom is 0.405 e. The molecule has 1 atom stereocenters. The van der Waals surface area contributed by atoms with E-state index in [9.17, 15) is 4.79 Å². The molecule has 0 aliphatic carbocycles. The van der Waals surface area contributed by atoms with E-state index >= 15 is 0 Å². The SMILES string of the molecule is CC(C)(C)[Si](C)(C)OC[C@@H](C#N)NC(=O)O. The summed E-state index contributed by atoms with van der Waals surface area (Å²) < 4.78 is 5.74. The molecule has 0 aromatic rings. The summed E-state index contributed by atoms with van der Waals surface area (Å²) in [6.07, 6.45) is -1.20. The number of carbonyl (C=O) groups is 1. The van der Waals surface area contributed by atoms with Crippen molar-refractivity contribution in [1.82, 2.24) is 5.32 Å². The highest BCUT2D eigenvalue weighted by Crippen LogP contribution is 2.36. The van der Waals surface area contributed by atoms with E-state index < -0.39 is 20.5 Å². The number of amides is 1. The van der Waals surface area contributed by atoms with Crippen molar-refractivity contribution in [2.75, 3.05) is 6.61 Å². The van der Waals surface area contributed by atoms with Crippen molar-refractivity contribution in [3.05, 3.63) is 0 Å². The summed E-state index contributed by atoms with van der Waals surface area (Å²) in [6.45, 7) is 10.5. The second-order valence-electron chi connectivity index (χ2n) is 5.20. The summed E-state index contributed by atoms with van der Waals surface area (Å²) in [5.74, 6) is 0. The number of nitrogens with zero attached hydrogens (tertiary/aromatic N) is 1. The Morgan fingerprint density at radius 2 is 2.06 bits per heavy atom. The number of nitrogens with one attached hydrogen (secondary N) is 1. The van der Waals surface area contributed by atoms with Gasteiger partial charge in [-0.05, 0) is 18.1 Å². The first-order valence-electron chi connectivity index (χ1n) is 5.13. The zero-order valence-electron chi connectivity index (χ0n) is 10.5. The molecule has 0 radical (unpaired) electrons. The largest absolute Gasteiger partial charge is 0.465 e. The van der Waals surface area contributed by atoms with Crippen LogP contribution in [0.1, 0.15) is 20.8 Å². The van der Waals surface area contributed by atoms with Crippen LogP contribution in [-0.4, -0.2) is 32.2 Å². The minimum Gasteiger partial charge on any atom is -0.465 e. The smallest absolute Gasteiger partial charge is 0.405 e. The molecule has 92 valence electrons. The zero-order chi connectivity index (χ0) is 13.0. The average molecular weight is 244 g/mol. The average Bonchev–Trinajstić information content (AvgIpc) is 2.09. The minimum atomic E-state index is -1.92. The number of rotatable bonds is 4. The first-order valence-corrected chi connectivity index (χ1v) is 8.04. The fourth-order valence-corrected chi connectivity index (χ4v) is 1.78. The molecular weight excluding hydrogens is 224 g/mol. The van der Waals surface area contributed by atoms with Gasteiger partial charge in [0.05, 0.1) is 12.7 Å². The minimum absolute atomic E-state index is 0.0518. The molecule has 0 aliphatic rings. The van der Waals surface area contributed by atoms with Gasteiger partial charge in [-0.1, -0.05) is 20.8 Å². The molecule has 6 heteroatoms. The van der Waals surface area contributed by atoms with Crippen molar-refractivity contribution in [2.45, 2.75) is 44.9 Å². The van der Waals surface area contributed by atoms with Gasteiger partial charge in [0.15, 0.2) is 8.32 Å². The van der Waals surface area contributed by atoms with Gasteiger partial charge in [-0.3, -0.25) is 0 Å². The van der Waals surface area contributed by atoms with E-state index in [4.69, 9.17) is 14.8 Å². The summed E-state index contributed by atoms with van der Waals surface area (Å²) in [4.78, 5) is 10.4. The third kappa shape index (κ3) is 4.64. The Kier molecular flexibility index (Phi) is 4.97. The predicted molar refractivity (Wildman–Crippen MR) is 63.7 cm³/mol. The van der Waals surface area contributed by atoms with Gasteiger partial charge in [0.25, 0.3) is 0 Å². The Balaban J connectivity index is 4.33. The van der Waals surface area contributed by atoms with Crippen LogP contribution >= 0.6 is 0 Å². The highest BCUT2D eigenvalue weighted by atomic mass is 28.4. The number of nitriles is 1. The molecule has 0 heterocycles. The zero-order valence-corrected chi connectivity index (χ0v) is 11.5. The van der Waals surface area contributed by atoms with Gasteiger partial charge in [0, 0.05) is 0 Å². The summed E-state index contributed by atoms with van der Waals surface area (Å²) in [5, 5.41) is 19.4. The van der Waals surface area contributed by atoms with Gasteiger partial charge < -0.3 is 14.8 Å². The van der Waals surface area contributed by atoms with Crippen molar-refractivity contribution in [2.24, 2.45) is 0 Å². The van der Waals surface area contributed by atoms with Crippen LogP contribution in [0.4, 0.5) is 4.79 Å². The van der Waals surface area contributed by atoms with Gasteiger partial charge in [-0.2, -0.15) is 5.26 Å². The maximum absolute atomic E-state index is 10.4. The topological polar surface area (TPSA) is 82.3 Å². The molecule has 1 amide bonds.